The van der Waals surface area contributed by atoms with E-state index in [-0.39, 0.29) is 4.90 Å². The number of hydrogen-bond donors (Lipinski definition) is 3. The summed E-state index contributed by atoms with van der Waals surface area (Å²) in [4.78, 5) is 6.88. The number of nitrogens with one attached hydrogen (secondary N) is 2. The molecule has 0 amide bonds. The number of hydrogen-bond acceptors (Lipinski definition) is 6. The van der Waals surface area contributed by atoms with E-state index in [1.165, 1.54) is 5.56 Å². The molecule has 0 atom stereocenters. The Morgan fingerprint density at radius 3 is 2.66 bits per heavy atom. The molecule has 4 N–H and O–H groups in total. The Morgan fingerprint density at radius 2 is 1.94 bits per heavy atom. The van der Waals surface area contributed by atoms with Crippen molar-refractivity contribution in [2.45, 2.75) is 38.1 Å². The molecular formula is C23H30N6O2S. The molecule has 3 rings (SSSR count). The first kappa shape index (κ1) is 23.5. The maximum atomic E-state index is 12.2. The molecule has 0 bridgehead atoms. The molecule has 0 fully saturated rings. The number of benzene rings is 2. The quantitative estimate of drug-likeness (QED) is 0.404. The van der Waals surface area contributed by atoms with E-state index in [1.54, 1.807) is 31.2 Å². The fraction of sp³-hybridized carbons (Fsp3) is 0.304. The van der Waals surface area contributed by atoms with Gasteiger partial charge >= 0.3 is 0 Å². The molecule has 0 aliphatic heterocycles. The highest BCUT2D eigenvalue weighted by molar-refractivity contribution is 7.89. The van der Waals surface area contributed by atoms with Crippen molar-refractivity contribution in [1.82, 2.24) is 14.9 Å². The molecule has 0 spiro atoms. The van der Waals surface area contributed by atoms with Crippen molar-refractivity contribution in [3.63, 3.8) is 0 Å². The number of nitrogen functional groups attached to an aromatic ring is 1. The summed E-state index contributed by atoms with van der Waals surface area (Å²) in [6, 6.07) is 16.8. The molecule has 32 heavy (non-hydrogen) atoms. The summed E-state index contributed by atoms with van der Waals surface area (Å²) < 4.78 is 27.0. The summed E-state index contributed by atoms with van der Waals surface area (Å²) in [5, 5.41) is 7.28. The van der Waals surface area contributed by atoms with Crippen molar-refractivity contribution in [3.8, 4) is 0 Å². The number of rotatable bonds is 10. The first-order chi connectivity index (χ1) is 15.3. The number of nitrogens with two attached hydrogens (primary N) is 1. The molecule has 1 heterocycles. The summed E-state index contributed by atoms with van der Waals surface area (Å²) in [7, 11) is -1.53. The van der Waals surface area contributed by atoms with Crippen molar-refractivity contribution in [2.75, 3.05) is 24.2 Å². The van der Waals surface area contributed by atoms with Gasteiger partial charge in [0.05, 0.1) is 10.6 Å². The number of H-pyrrole nitrogens is 1. The van der Waals surface area contributed by atoms with Crippen LogP contribution in [0.1, 0.15) is 31.4 Å². The highest BCUT2D eigenvalue weighted by atomic mass is 32.2. The topological polar surface area (TPSA) is 116 Å². The zero-order valence-corrected chi connectivity index (χ0v) is 19.5. The average Bonchev–Trinajstić information content (AvgIpc) is 3.13. The van der Waals surface area contributed by atoms with Crippen LogP contribution in [-0.2, 0) is 23.0 Å². The highest BCUT2D eigenvalue weighted by Gasteiger charge is 2.16. The van der Waals surface area contributed by atoms with Crippen LogP contribution in [0.4, 0.5) is 17.3 Å². The van der Waals surface area contributed by atoms with Crippen LogP contribution < -0.4 is 15.4 Å². The van der Waals surface area contributed by atoms with Crippen LogP contribution in [-0.4, -0.2) is 37.9 Å². The lowest BCUT2D eigenvalue weighted by molar-refractivity contribution is 0.584. The normalized spacial score (nSPS) is 12.2. The number of nitrogens with zero attached hydrogens (tertiary/aromatic N) is 3. The molecule has 0 unspecified atom stereocenters. The lowest BCUT2D eigenvalue weighted by Crippen LogP contribution is -2.22. The third kappa shape index (κ3) is 5.95. The van der Waals surface area contributed by atoms with Crippen LogP contribution in [0, 0.1) is 0 Å². The molecule has 0 saturated carbocycles. The molecule has 0 aliphatic carbocycles. The Kier molecular flexibility index (Phi) is 7.66. The first-order valence-corrected chi connectivity index (χ1v) is 12.0. The molecule has 1 aromatic heterocycles. The van der Waals surface area contributed by atoms with Gasteiger partial charge in [-0.05, 0) is 43.5 Å². The van der Waals surface area contributed by atoms with Crippen LogP contribution in [0.25, 0.3) is 0 Å². The van der Waals surface area contributed by atoms with Gasteiger partial charge in [0, 0.05) is 31.4 Å². The first-order valence-electron chi connectivity index (χ1n) is 10.5. The second-order valence-corrected chi connectivity index (χ2v) is 9.39. The van der Waals surface area contributed by atoms with E-state index >= 15 is 0 Å². The van der Waals surface area contributed by atoms with E-state index in [4.69, 9.17) is 5.73 Å². The number of anilines is 2. The van der Waals surface area contributed by atoms with E-state index < -0.39 is 10.0 Å². The number of sulfonamides is 1. The van der Waals surface area contributed by atoms with Gasteiger partial charge in [0.25, 0.3) is 0 Å². The minimum Gasteiger partial charge on any atom is -0.384 e. The summed E-state index contributed by atoms with van der Waals surface area (Å²) >= 11 is 0. The Bertz CT molecular complexity index is 1170. The van der Waals surface area contributed by atoms with Gasteiger partial charge < -0.3 is 10.6 Å². The molecule has 170 valence electrons. The average molecular weight is 455 g/mol. The van der Waals surface area contributed by atoms with Crippen LogP contribution in [0.5, 0.6) is 0 Å². The lowest BCUT2D eigenvalue weighted by atomic mass is 10.1. The third-order valence-electron chi connectivity index (χ3n) is 5.02. The van der Waals surface area contributed by atoms with Gasteiger partial charge in [0.1, 0.15) is 5.82 Å². The van der Waals surface area contributed by atoms with Crippen LogP contribution in [0.15, 0.2) is 64.5 Å². The SMILES string of the molecule is CCNS(=O)(=O)c1cccc(N=C(C)CCc2c(N(C)Cc3ccccc3)n[nH]c2N)c1. The van der Waals surface area contributed by atoms with Gasteiger partial charge in [-0.3, -0.25) is 10.1 Å². The zero-order valence-electron chi connectivity index (χ0n) is 18.7. The number of aromatic amines is 1. The van der Waals surface area contributed by atoms with Crippen LogP contribution in [0.2, 0.25) is 0 Å². The monoisotopic (exact) mass is 454 g/mol. The van der Waals surface area contributed by atoms with Gasteiger partial charge in [0.2, 0.25) is 10.0 Å². The van der Waals surface area contributed by atoms with Gasteiger partial charge in [-0.15, -0.1) is 0 Å². The summed E-state index contributed by atoms with van der Waals surface area (Å²) in [6.07, 6.45) is 1.33. The standard InChI is InChI=1S/C23H30N6O2S/c1-4-25-32(30,31)20-12-8-11-19(15-20)26-17(2)13-14-21-22(24)27-28-23(21)29(3)16-18-9-6-5-7-10-18/h5-12,15,25H,4,13-14,16H2,1-3H3,(H3,24,27,28). The fourth-order valence-electron chi connectivity index (χ4n) is 3.44. The minimum absolute atomic E-state index is 0.206. The predicted molar refractivity (Wildman–Crippen MR) is 130 cm³/mol. The van der Waals surface area contributed by atoms with Crippen molar-refractivity contribution in [2.24, 2.45) is 4.99 Å². The number of aliphatic imine (C=N–C) groups is 1. The third-order valence-corrected chi connectivity index (χ3v) is 6.56. The molecule has 3 aromatic rings. The van der Waals surface area contributed by atoms with E-state index in [9.17, 15) is 8.42 Å². The lowest BCUT2D eigenvalue weighted by Gasteiger charge is -2.18. The van der Waals surface area contributed by atoms with E-state index in [2.05, 4.69) is 36.9 Å². The highest BCUT2D eigenvalue weighted by Crippen LogP contribution is 2.25. The maximum absolute atomic E-state index is 12.2. The molecule has 0 radical (unpaired) electrons. The van der Waals surface area contributed by atoms with Gasteiger partial charge in [-0.1, -0.05) is 43.3 Å². The van der Waals surface area contributed by atoms with Crippen LogP contribution >= 0.6 is 0 Å². The largest absolute Gasteiger partial charge is 0.384 e. The van der Waals surface area contributed by atoms with Gasteiger partial charge in [-0.2, -0.15) is 5.10 Å². The van der Waals surface area contributed by atoms with Crippen molar-refractivity contribution >= 4 is 33.1 Å². The Labute approximate surface area is 189 Å². The Balaban J connectivity index is 1.71. The van der Waals surface area contributed by atoms with Gasteiger partial charge in [0.15, 0.2) is 5.82 Å². The molecule has 8 nitrogen and oxygen atoms in total. The van der Waals surface area contributed by atoms with E-state index in [1.807, 2.05) is 32.2 Å². The van der Waals surface area contributed by atoms with E-state index in [0.29, 0.717) is 30.9 Å². The maximum Gasteiger partial charge on any atom is 0.240 e. The smallest absolute Gasteiger partial charge is 0.240 e. The second kappa shape index (κ2) is 10.4. The minimum atomic E-state index is -3.52. The summed E-state index contributed by atoms with van der Waals surface area (Å²) in [5.74, 6) is 1.37. The predicted octanol–water partition coefficient (Wildman–Crippen LogP) is 3.65. The van der Waals surface area contributed by atoms with Crippen molar-refractivity contribution in [3.05, 3.63) is 65.7 Å². The molecule has 2 aromatic carbocycles. The molecule has 9 heteroatoms. The van der Waals surface area contributed by atoms with Gasteiger partial charge in [-0.25, -0.2) is 13.1 Å². The molecular weight excluding hydrogens is 424 g/mol. The Hall–Kier alpha value is -3.17. The number of aromatic nitrogens is 2. The second-order valence-electron chi connectivity index (χ2n) is 7.63. The molecule has 0 aliphatic rings. The summed E-state index contributed by atoms with van der Waals surface area (Å²) in [6.45, 7) is 4.73. The van der Waals surface area contributed by atoms with Crippen molar-refractivity contribution in [1.29, 1.82) is 0 Å². The molecule has 0 saturated heterocycles. The Morgan fingerprint density at radius 1 is 1.19 bits per heavy atom. The fourth-order valence-corrected chi connectivity index (χ4v) is 4.52. The van der Waals surface area contributed by atoms with E-state index in [0.717, 1.165) is 23.6 Å². The summed E-state index contributed by atoms with van der Waals surface area (Å²) in [5.41, 5.74) is 9.76. The zero-order chi connectivity index (χ0) is 23.1. The van der Waals surface area contributed by atoms with Crippen molar-refractivity contribution < 1.29 is 8.42 Å². The van der Waals surface area contributed by atoms with Crippen LogP contribution in [0.3, 0.4) is 0 Å².